The van der Waals surface area contributed by atoms with Gasteiger partial charge in [0.15, 0.2) is 5.69 Å². The molecule has 9 heteroatoms. The lowest BCUT2D eigenvalue weighted by atomic mass is 10.2. The zero-order valence-corrected chi connectivity index (χ0v) is 15.0. The molecule has 0 aliphatic heterocycles. The molecular weight excluding hydrogens is 334 g/mol. The number of nitrogens with zero attached hydrogens (tertiary/aromatic N) is 2. The van der Waals surface area contributed by atoms with Gasteiger partial charge >= 0.3 is 0 Å². The van der Waals surface area contributed by atoms with Crippen LogP contribution in [0.15, 0.2) is 24.4 Å². The van der Waals surface area contributed by atoms with Gasteiger partial charge in [-0.3, -0.25) is 9.59 Å². The predicted molar refractivity (Wildman–Crippen MR) is 100 cm³/mol. The maximum Gasteiger partial charge on any atom is 0.269 e. The lowest BCUT2D eigenvalue weighted by Crippen LogP contribution is -2.43. The van der Waals surface area contributed by atoms with Crippen molar-refractivity contribution in [2.24, 2.45) is 11.5 Å². The maximum absolute atomic E-state index is 11.7. The summed E-state index contributed by atoms with van der Waals surface area (Å²) in [7, 11) is 1.52. The smallest absolute Gasteiger partial charge is 0.269 e. The Kier molecular flexibility index (Phi) is 6.07. The van der Waals surface area contributed by atoms with Crippen LogP contribution in [0.1, 0.15) is 21.7 Å². The van der Waals surface area contributed by atoms with Crippen LogP contribution in [0.3, 0.4) is 0 Å². The molecule has 2 amide bonds. The zero-order chi connectivity index (χ0) is 19.3. The summed E-state index contributed by atoms with van der Waals surface area (Å²) in [5.41, 5.74) is 14.1. The van der Waals surface area contributed by atoms with E-state index in [0.717, 1.165) is 11.3 Å². The van der Waals surface area contributed by atoms with Crippen molar-refractivity contribution in [1.29, 1.82) is 0 Å². The van der Waals surface area contributed by atoms with E-state index in [1.807, 2.05) is 26.0 Å². The number of nitrogens with one attached hydrogen (secondary N) is 3. The molecule has 0 aliphatic carbocycles. The van der Waals surface area contributed by atoms with Gasteiger partial charge in [0.25, 0.3) is 5.91 Å². The molecule has 0 saturated carbocycles. The first-order valence-corrected chi connectivity index (χ1v) is 8.03. The molecule has 1 atom stereocenters. The summed E-state index contributed by atoms with van der Waals surface area (Å²) in [6, 6.07) is 4.74. The number of nitrogens with two attached hydrogens (primary N) is 2. The van der Waals surface area contributed by atoms with Gasteiger partial charge in [-0.05, 0) is 37.6 Å². The summed E-state index contributed by atoms with van der Waals surface area (Å²) < 4.78 is 0. The number of hydrogen-bond acceptors (Lipinski definition) is 7. The number of hydrogen-bond donors (Lipinski definition) is 5. The van der Waals surface area contributed by atoms with Crippen LogP contribution in [0.25, 0.3) is 0 Å². The molecule has 0 fully saturated rings. The van der Waals surface area contributed by atoms with E-state index in [2.05, 4.69) is 25.9 Å². The van der Waals surface area contributed by atoms with Gasteiger partial charge in [-0.15, -0.1) is 0 Å². The van der Waals surface area contributed by atoms with Gasteiger partial charge in [-0.2, -0.15) is 0 Å². The van der Waals surface area contributed by atoms with Crippen molar-refractivity contribution in [3.8, 4) is 0 Å². The molecule has 2 heterocycles. The largest absolute Gasteiger partial charge is 0.382 e. The molecule has 0 aromatic carbocycles. The average Bonchev–Trinajstić information content (AvgIpc) is 2.57. The highest BCUT2D eigenvalue weighted by Crippen LogP contribution is 2.22. The standard InChI is InChI=1S/C17H23N7O2/c1-9-4-10(2)23-14(5-9)24-13-6-11(7-22-15(13)16(19)25)21-8-12(18)17(26)20-3/h4-7,12,21H,8,18H2,1-3H3,(H2,19,25)(H,20,26)(H,23,24). The number of aromatic nitrogens is 2. The normalized spacial score (nSPS) is 11.5. The first-order valence-electron chi connectivity index (χ1n) is 8.03. The molecule has 0 bridgehead atoms. The summed E-state index contributed by atoms with van der Waals surface area (Å²) in [5, 5.41) is 8.56. The quantitative estimate of drug-likeness (QED) is 0.482. The zero-order valence-electron chi connectivity index (χ0n) is 15.0. The van der Waals surface area contributed by atoms with Crippen molar-refractivity contribution in [2.75, 3.05) is 24.2 Å². The number of primary amides is 1. The number of carbonyl (C=O) groups is 2. The molecule has 2 rings (SSSR count). The third-order valence-electron chi connectivity index (χ3n) is 3.59. The molecule has 7 N–H and O–H groups in total. The van der Waals surface area contributed by atoms with Gasteiger partial charge in [0.1, 0.15) is 11.9 Å². The van der Waals surface area contributed by atoms with Crippen LogP contribution >= 0.6 is 0 Å². The van der Waals surface area contributed by atoms with Crippen LogP contribution in [0, 0.1) is 13.8 Å². The van der Waals surface area contributed by atoms with E-state index in [9.17, 15) is 9.59 Å². The summed E-state index contributed by atoms with van der Waals surface area (Å²) in [5.74, 6) is -0.367. The predicted octanol–water partition coefficient (Wildman–Crippen LogP) is 0.421. The van der Waals surface area contributed by atoms with Crippen molar-refractivity contribution < 1.29 is 9.59 Å². The highest BCUT2D eigenvalue weighted by atomic mass is 16.2. The molecule has 2 aromatic rings. The van der Waals surface area contributed by atoms with Gasteiger partial charge in [0, 0.05) is 19.3 Å². The topological polar surface area (TPSA) is 148 Å². The number of aryl methyl sites for hydroxylation is 2. The first-order chi connectivity index (χ1) is 12.3. The molecule has 26 heavy (non-hydrogen) atoms. The van der Waals surface area contributed by atoms with Crippen LogP contribution < -0.4 is 27.4 Å². The Hall–Kier alpha value is -3.20. The van der Waals surface area contributed by atoms with Crippen LogP contribution in [-0.4, -0.2) is 41.4 Å². The molecular formula is C17H23N7O2. The number of pyridine rings is 2. The summed E-state index contributed by atoms with van der Waals surface area (Å²) >= 11 is 0. The maximum atomic E-state index is 11.7. The summed E-state index contributed by atoms with van der Waals surface area (Å²) in [4.78, 5) is 31.6. The lowest BCUT2D eigenvalue weighted by Gasteiger charge is -2.15. The van der Waals surface area contributed by atoms with E-state index in [1.54, 1.807) is 6.07 Å². The second-order valence-corrected chi connectivity index (χ2v) is 5.88. The monoisotopic (exact) mass is 357 g/mol. The van der Waals surface area contributed by atoms with Crippen LogP contribution in [0.4, 0.5) is 17.2 Å². The van der Waals surface area contributed by atoms with Crippen LogP contribution in [0.2, 0.25) is 0 Å². The van der Waals surface area contributed by atoms with E-state index in [0.29, 0.717) is 17.2 Å². The fraction of sp³-hybridized carbons (Fsp3) is 0.294. The Morgan fingerprint density at radius 1 is 1.23 bits per heavy atom. The fourth-order valence-corrected chi connectivity index (χ4v) is 2.40. The van der Waals surface area contributed by atoms with E-state index >= 15 is 0 Å². The minimum absolute atomic E-state index is 0.0899. The molecule has 2 aromatic heterocycles. The Morgan fingerprint density at radius 3 is 2.58 bits per heavy atom. The van der Waals surface area contributed by atoms with E-state index in [1.165, 1.54) is 13.2 Å². The third-order valence-corrected chi connectivity index (χ3v) is 3.59. The minimum Gasteiger partial charge on any atom is -0.382 e. The Balaban J connectivity index is 2.25. The molecule has 0 spiro atoms. The average molecular weight is 357 g/mol. The van der Waals surface area contributed by atoms with E-state index in [-0.39, 0.29) is 18.1 Å². The second-order valence-electron chi connectivity index (χ2n) is 5.88. The molecule has 0 saturated heterocycles. The third kappa shape index (κ3) is 4.90. The summed E-state index contributed by atoms with van der Waals surface area (Å²) in [6.07, 6.45) is 1.46. The number of amides is 2. The van der Waals surface area contributed by atoms with Crippen molar-refractivity contribution in [3.63, 3.8) is 0 Å². The molecule has 1 unspecified atom stereocenters. The first kappa shape index (κ1) is 19.1. The molecule has 9 nitrogen and oxygen atoms in total. The molecule has 0 aliphatic rings. The highest BCUT2D eigenvalue weighted by molar-refractivity contribution is 5.97. The van der Waals surface area contributed by atoms with Gasteiger partial charge in [0.2, 0.25) is 5.91 Å². The van der Waals surface area contributed by atoms with Crippen LogP contribution in [-0.2, 0) is 4.79 Å². The van der Waals surface area contributed by atoms with Crippen molar-refractivity contribution in [1.82, 2.24) is 15.3 Å². The van der Waals surface area contributed by atoms with Gasteiger partial charge < -0.3 is 27.4 Å². The number of anilines is 3. The van der Waals surface area contributed by atoms with E-state index in [4.69, 9.17) is 11.5 Å². The Labute approximate surface area is 151 Å². The number of rotatable bonds is 7. The Morgan fingerprint density at radius 2 is 1.96 bits per heavy atom. The van der Waals surface area contributed by atoms with Crippen molar-refractivity contribution in [3.05, 3.63) is 41.3 Å². The number of likely N-dealkylation sites (N-methyl/N-ethyl adjacent to an activating group) is 1. The molecule has 0 radical (unpaired) electrons. The minimum atomic E-state index is -0.715. The lowest BCUT2D eigenvalue weighted by molar-refractivity contribution is -0.121. The fourth-order valence-electron chi connectivity index (χ4n) is 2.40. The SMILES string of the molecule is CNC(=O)C(N)CNc1cnc(C(N)=O)c(Nc2cc(C)cc(C)n2)c1. The number of carbonyl (C=O) groups excluding carboxylic acids is 2. The van der Waals surface area contributed by atoms with Gasteiger partial charge in [-0.1, -0.05) is 0 Å². The van der Waals surface area contributed by atoms with Gasteiger partial charge in [0.05, 0.1) is 17.6 Å². The Bertz CT molecular complexity index is 803. The summed E-state index contributed by atoms with van der Waals surface area (Å²) in [6.45, 7) is 4.04. The van der Waals surface area contributed by atoms with Crippen LogP contribution in [0.5, 0.6) is 0 Å². The van der Waals surface area contributed by atoms with Crippen molar-refractivity contribution >= 4 is 29.0 Å². The molecule has 138 valence electrons. The van der Waals surface area contributed by atoms with E-state index < -0.39 is 11.9 Å². The van der Waals surface area contributed by atoms with Gasteiger partial charge in [-0.25, -0.2) is 9.97 Å². The van der Waals surface area contributed by atoms with Crippen molar-refractivity contribution in [2.45, 2.75) is 19.9 Å². The second kappa shape index (κ2) is 8.26. The highest BCUT2D eigenvalue weighted by Gasteiger charge is 2.14.